The Morgan fingerprint density at radius 1 is 0.946 bits per heavy atom. The van der Waals surface area contributed by atoms with Gasteiger partial charge in [0.2, 0.25) is 0 Å². The summed E-state index contributed by atoms with van der Waals surface area (Å²) in [6.07, 6.45) is 2.36. The minimum atomic E-state index is -0.493. The first-order chi connectivity index (χ1) is 17.9. The van der Waals surface area contributed by atoms with Crippen LogP contribution in [-0.4, -0.2) is 23.6 Å². The molecule has 0 saturated heterocycles. The van der Waals surface area contributed by atoms with Gasteiger partial charge in [0, 0.05) is 33.2 Å². The summed E-state index contributed by atoms with van der Waals surface area (Å²) in [5.74, 6) is 0.723. The van der Waals surface area contributed by atoms with Crippen LogP contribution in [0.25, 0.3) is 16.1 Å². The van der Waals surface area contributed by atoms with Crippen LogP contribution in [0.4, 0.5) is 8.78 Å². The lowest BCUT2D eigenvalue weighted by atomic mass is 10.1. The first-order valence-electron chi connectivity index (χ1n) is 11.1. The summed E-state index contributed by atoms with van der Waals surface area (Å²) in [7, 11) is 3.19. The molecule has 0 amide bonds. The zero-order chi connectivity index (χ0) is 26.1. The number of rotatable bonds is 8. The second-order valence-electron chi connectivity index (χ2n) is 8.07. The second kappa shape index (κ2) is 10.9. The van der Waals surface area contributed by atoms with E-state index in [9.17, 15) is 8.78 Å². The Balaban J connectivity index is 1.60. The summed E-state index contributed by atoms with van der Waals surface area (Å²) in [4.78, 5) is 6.50. The quantitative estimate of drug-likeness (QED) is 0.173. The van der Waals surface area contributed by atoms with E-state index in [-0.39, 0.29) is 10.8 Å². The van der Waals surface area contributed by atoms with Gasteiger partial charge >= 0.3 is 0 Å². The number of halogens is 4. The number of benzene rings is 3. The van der Waals surface area contributed by atoms with E-state index in [1.165, 1.54) is 23.9 Å². The number of thiazole rings is 1. The molecule has 0 saturated carbocycles. The molecule has 37 heavy (non-hydrogen) atoms. The van der Waals surface area contributed by atoms with Gasteiger partial charge in [0.25, 0.3) is 0 Å². The number of thioether (sulfide) groups is 1. The van der Waals surface area contributed by atoms with Crippen molar-refractivity contribution in [1.82, 2.24) is 9.38 Å². The summed E-state index contributed by atoms with van der Waals surface area (Å²) in [6.45, 7) is 0. The molecule has 5 aromatic rings. The van der Waals surface area contributed by atoms with Crippen molar-refractivity contribution in [2.24, 2.45) is 0 Å². The smallest absolute Gasteiger partial charge is 0.174 e. The minimum absolute atomic E-state index is 0.0290. The number of ether oxygens (including phenoxy) is 2. The van der Waals surface area contributed by atoms with Crippen LogP contribution in [0.3, 0.4) is 0 Å². The third-order valence-electron chi connectivity index (χ3n) is 5.83. The Labute approximate surface area is 230 Å². The van der Waals surface area contributed by atoms with E-state index in [0.717, 1.165) is 26.5 Å². The maximum absolute atomic E-state index is 14.4. The molecule has 0 aliphatic carbocycles. The van der Waals surface area contributed by atoms with E-state index < -0.39 is 5.82 Å². The Morgan fingerprint density at radius 3 is 2.49 bits per heavy atom. The molecule has 0 fully saturated rings. The summed E-state index contributed by atoms with van der Waals surface area (Å²) < 4.78 is 41.3. The van der Waals surface area contributed by atoms with E-state index in [1.54, 1.807) is 56.0 Å². The van der Waals surface area contributed by atoms with Gasteiger partial charge in [-0.2, -0.15) is 0 Å². The summed E-state index contributed by atoms with van der Waals surface area (Å²) in [5, 5.41) is 1.06. The number of fused-ring (bicyclic) bond motifs is 1. The topological polar surface area (TPSA) is 35.8 Å². The Bertz CT molecular complexity index is 1580. The normalized spacial score (nSPS) is 11.3. The lowest BCUT2D eigenvalue weighted by Crippen LogP contribution is -1.97. The van der Waals surface area contributed by atoms with Gasteiger partial charge in [0.15, 0.2) is 16.7 Å². The van der Waals surface area contributed by atoms with Gasteiger partial charge < -0.3 is 9.47 Å². The maximum atomic E-state index is 14.4. The van der Waals surface area contributed by atoms with E-state index in [1.807, 2.05) is 22.6 Å². The van der Waals surface area contributed by atoms with Crippen LogP contribution in [-0.2, 0) is 12.2 Å². The number of hydrogen-bond acceptors (Lipinski definition) is 5. The number of aromatic nitrogens is 2. The third-order valence-corrected chi connectivity index (χ3v) is 8.53. The highest BCUT2D eigenvalue weighted by molar-refractivity contribution is 7.98. The first-order valence-corrected chi connectivity index (χ1v) is 13.7. The molecule has 0 radical (unpaired) electrons. The Kier molecular flexibility index (Phi) is 7.62. The Morgan fingerprint density at radius 2 is 1.76 bits per heavy atom. The average Bonchev–Trinajstić information content (AvgIpc) is 3.44. The molecule has 0 bridgehead atoms. The molecule has 5 rings (SSSR count). The summed E-state index contributed by atoms with van der Waals surface area (Å²) in [6, 6.07) is 15.1. The lowest BCUT2D eigenvalue weighted by Gasteiger charge is -2.11. The number of hydrogen-bond donors (Lipinski definition) is 0. The molecule has 0 spiro atoms. The average molecular weight is 578 g/mol. The van der Waals surface area contributed by atoms with E-state index in [4.69, 9.17) is 32.7 Å². The van der Waals surface area contributed by atoms with Crippen molar-refractivity contribution in [3.63, 3.8) is 0 Å². The fourth-order valence-electron chi connectivity index (χ4n) is 4.04. The van der Waals surface area contributed by atoms with Crippen LogP contribution in [0.2, 0.25) is 10.0 Å². The minimum Gasteiger partial charge on any atom is -0.493 e. The van der Waals surface area contributed by atoms with Crippen molar-refractivity contribution in [3.05, 3.63) is 98.5 Å². The predicted octanol–water partition coefficient (Wildman–Crippen LogP) is 8.55. The van der Waals surface area contributed by atoms with Crippen molar-refractivity contribution in [1.29, 1.82) is 0 Å². The van der Waals surface area contributed by atoms with Gasteiger partial charge in [-0.05, 0) is 48.0 Å². The van der Waals surface area contributed by atoms with E-state index in [0.29, 0.717) is 39.4 Å². The zero-order valence-electron chi connectivity index (χ0n) is 19.7. The monoisotopic (exact) mass is 576 g/mol. The van der Waals surface area contributed by atoms with Gasteiger partial charge in [-0.1, -0.05) is 47.1 Å². The number of methoxy groups -OCH3 is 2. The summed E-state index contributed by atoms with van der Waals surface area (Å²) in [5.41, 5.74) is 3.02. The molecule has 0 aliphatic heterocycles. The van der Waals surface area contributed by atoms with Crippen molar-refractivity contribution in [2.75, 3.05) is 14.2 Å². The standard InChI is InChI=1S/C27H20Cl2F2N2O2S2/c1-34-22-9-6-15(10-23(22)35-2)11-24-26(16-7-8-21(31)19(29)12-16)33-25(37-24)13-32-27(33)36-14-17-18(28)4-3-5-20(17)30/h3-10,12-13H,11,14H2,1-2H3. The summed E-state index contributed by atoms with van der Waals surface area (Å²) >= 11 is 15.4. The number of nitrogens with zero attached hydrogens (tertiary/aromatic N) is 2. The SMILES string of the molecule is COc1ccc(Cc2sc3cnc(SCc4c(F)cccc4Cl)n3c2-c2ccc(F)c(Cl)c2)cc1OC. The maximum Gasteiger partial charge on any atom is 0.174 e. The molecule has 0 aliphatic rings. The molecular weight excluding hydrogens is 557 g/mol. The first kappa shape index (κ1) is 25.9. The molecule has 0 N–H and O–H groups in total. The van der Waals surface area contributed by atoms with Gasteiger partial charge in [0.1, 0.15) is 16.5 Å². The van der Waals surface area contributed by atoms with Crippen molar-refractivity contribution in [2.45, 2.75) is 17.3 Å². The molecule has 4 nitrogen and oxygen atoms in total. The van der Waals surface area contributed by atoms with Crippen LogP contribution < -0.4 is 9.47 Å². The largest absolute Gasteiger partial charge is 0.493 e. The zero-order valence-corrected chi connectivity index (χ0v) is 22.9. The van der Waals surface area contributed by atoms with Gasteiger partial charge in [0.05, 0.1) is 31.1 Å². The number of imidazole rings is 1. The highest BCUT2D eigenvalue weighted by atomic mass is 35.5. The van der Waals surface area contributed by atoms with Crippen LogP contribution in [0.15, 0.2) is 66.0 Å². The second-order valence-corrected chi connectivity index (χ2v) is 10.9. The predicted molar refractivity (Wildman–Crippen MR) is 147 cm³/mol. The fourth-order valence-corrected chi connectivity index (χ4v) is 6.77. The molecule has 0 atom stereocenters. The van der Waals surface area contributed by atoms with Crippen LogP contribution in [0.1, 0.15) is 16.0 Å². The van der Waals surface area contributed by atoms with E-state index in [2.05, 4.69) is 4.98 Å². The highest BCUT2D eigenvalue weighted by Gasteiger charge is 2.21. The van der Waals surface area contributed by atoms with Crippen LogP contribution in [0, 0.1) is 11.6 Å². The van der Waals surface area contributed by atoms with Crippen LogP contribution in [0.5, 0.6) is 11.5 Å². The lowest BCUT2D eigenvalue weighted by molar-refractivity contribution is 0.354. The molecule has 190 valence electrons. The van der Waals surface area contributed by atoms with E-state index >= 15 is 0 Å². The molecular formula is C27H20Cl2F2N2O2S2. The fraction of sp³-hybridized carbons (Fsp3) is 0.148. The van der Waals surface area contributed by atoms with Crippen molar-refractivity contribution in [3.8, 4) is 22.8 Å². The van der Waals surface area contributed by atoms with Crippen molar-refractivity contribution >= 4 is 51.1 Å². The molecule has 0 unspecified atom stereocenters. The third kappa shape index (κ3) is 5.16. The molecule has 3 aromatic carbocycles. The van der Waals surface area contributed by atoms with Crippen molar-refractivity contribution < 1.29 is 18.3 Å². The molecule has 2 aromatic heterocycles. The van der Waals surface area contributed by atoms with Gasteiger partial charge in [-0.25, -0.2) is 13.8 Å². The van der Waals surface area contributed by atoms with Gasteiger partial charge in [-0.3, -0.25) is 4.40 Å². The van der Waals surface area contributed by atoms with Gasteiger partial charge in [-0.15, -0.1) is 11.3 Å². The highest BCUT2D eigenvalue weighted by Crippen LogP contribution is 2.40. The molecule has 10 heteroatoms. The van der Waals surface area contributed by atoms with Crippen LogP contribution >= 0.6 is 46.3 Å². The molecule has 2 heterocycles. The Hall–Kier alpha value is -2.78.